The molecule has 94 valence electrons. The lowest BCUT2D eigenvalue weighted by molar-refractivity contribution is 0.628. The molecule has 1 atom stereocenters. The number of aromatic nitrogens is 1. The maximum Gasteiger partial charge on any atom is 0.0606 e. The smallest absolute Gasteiger partial charge is 0.0606 e. The van der Waals surface area contributed by atoms with Crippen LogP contribution in [0.2, 0.25) is 5.02 Å². The molecule has 1 unspecified atom stereocenters. The second-order valence-corrected chi connectivity index (χ2v) is 4.65. The van der Waals surface area contributed by atoms with Gasteiger partial charge in [0.25, 0.3) is 0 Å². The van der Waals surface area contributed by atoms with Gasteiger partial charge in [-0.25, -0.2) is 0 Å². The van der Waals surface area contributed by atoms with Gasteiger partial charge in [0.05, 0.1) is 6.04 Å². The van der Waals surface area contributed by atoms with Gasteiger partial charge in [0.1, 0.15) is 0 Å². The molecule has 0 aliphatic heterocycles. The molecule has 2 aromatic rings. The average molecular weight is 261 g/mol. The predicted molar refractivity (Wildman–Crippen MR) is 75.9 cm³/mol. The van der Waals surface area contributed by atoms with Gasteiger partial charge in [0.15, 0.2) is 0 Å². The third-order valence-corrected chi connectivity index (χ3v) is 3.24. The van der Waals surface area contributed by atoms with Gasteiger partial charge in [0.2, 0.25) is 0 Å². The maximum atomic E-state index is 6.28. The van der Waals surface area contributed by atoms with Crippen LogP contribution in [-0.4, -0.2) is 11.5 Å². The number of nitrogens with zero attached hydrogens (tertiary/aromatic N) is 1. The van der Waals surface area contributed by atoms with Crippen LogP contribution in [0.25, 0.3) is 0 Å². The van der Waals surface area contributed by atoms with Crippen molar-refractivity contribution < 1.29 is 0 Å². The highest BCUT2D eigenvalue weighted by atomic mass is 35.5. The summed E-state index contributed by atoms with van der Waals surface area (Å²) in [6.07, 6.45) is 1.91. The first-order chi connectivity index (χ1) is 8.72. The Hall–Kier alpha value is -1.38. The minimum Gasteiger partial charge on any atom is -0.306 e. The Kier molecular flexibility index (Phi) is 4.34. The molecule has 0 saturated carbocycles. The van der Waals surface area contributed by atoms with Crippen molar-refractivity contribution in [1.29, 1.82) is 0 Å². The molecule has 1 aromatic heterocycles. The van der Waals surface area contributed by atoms with Crippen molar-refractivity contribution in [2.45, 2.75) is 19.9 Å². The highest BCUT2D eigenvalue weighted by molar-refractivity contribution is 6.31. The van der Waals surface area contributed by atoms with E-state index in [2.05, 4.69) is 29.4 Å². The number of pyridine rings is 1. The van der Waals surface area contributed by atoms with E-state index in [1.807, 2.05) is 37.4 Å². The lowest BCUT2D eigenvalue weighted by Gasteiger charge is -2.19. The summed E-state index contributed by atoms with van der Waals surface area (Å²) in [5.74, 6) is 0. The molecule has 0 bridgehead atoms. The molecule has 3 heteroatoms. The Morgan fingerprint density at radius 2 is 2.00 bits per heavy atom. The molecule has 0 aliphatic rings. The normalized spacial score (nSPS) is 12.4. The summed E-state index contributed by atoms with van der Waals surface area (Å²) in [5.41, 5.74) is 3.25. The van der Waals surface area contributed by atoms with E-state index in [9.17, 15) is 0 Å². The van der Waals surface area contributed by atoms with Gasteiger partial charge in [-0.3, -0.25) is 4.98 Å². The lowest BCUT2D eigenvalue weighted by atomic mass is 10.00. The van der Waals surface area contributed by atoms with Crippen molar-refractivity contribution in [3.05, 3.63) is 64.4 Å². The zero-order valence-electron chi connectivity index (χ0n) is 10.7. The number of hydrogen-bond acceptors (Lipinski definition) is 2. The Morgan fingerprint density at radius 1 is 1.22 bits per heavy atom. The van der Waals surface area contributed by atoms with Crippen LogP contribution in [0.1, 0.15) is 29.8 Å². The molecule has 0 fully saturated rings. The highest BCUT2D eigenvalue weighted by Crippen LogP contribution is 2.27. The molecule has 1 aromatic carbocycles. The first kappa shape index (κ1) is 13.1. The second-order valence-electron chi connectivity index (χ2n) is 4.25. The lowest BCUT2D eigenvalue weighted by Crippen LogP contribution is -2.22. The summed E-state index contributed by atoms with van der Waals surface area (Å²) in [4.78, 5) is 4.35. The minimum absolute atomic E-state index is 0.0943. The molecule has 18 heavy (non-hydrogen) atoms. The van der Waals surface area contributed by atoms with Gasteiger partial charge in [-0.15, -0.1) is 0 Å². The van der Waals surface area contributed by atoms with Gasteiger partial charge in [0, 0.05) is 16.9 Å². The topological polar surface area (TPSA) is 24.9 Å². The predicted octanol–water partition coefficient (Wildman–Crippen LogP) is 3.74. The van der Waals surface area contributed by atoms with E-state index in [1.54, 1.807) is 0 Å². The van der Waals surface area contributed by atoms with Crippen LogP contribution in [0.4, 0.5) is 0 Å². The number of aryl methyl sites for hydroxylation is 1. The maximum absolute atomic E-state index is 6.28. The number of halogens is 1. The van der Waals surface area contributed by atoms with Crippen molar-refractivity contribution in [3.63, 3.8) is 0 Å². The van der Waals surface area contributed by atoms with E-state index in [4.69, 9.17) is 11.6 Å². The van der Waals surface area contributed by atoms with Crippen LogP contribution in [0.5, 0.6) is 0 Å². The van der Waals surface area contributed by atoms with Crippen LogP contribution in [0.15, 0.2) is 42.6 Å². The highest BCUT2D eigenvalue weighted by Gasteiger charge is 2.15. The molecule has 0 amide bonds. The van der Waals surface area contributed by atoms with Gasteiger partial charge in [-0.2, -0.15) is 0 Å². The molecular formula is C15H17ClN2. The fourth-order valence-corrected chi connectivity index (χ4v) is 2.22. The molecule has 0 aliphatic carbocycles. The number of nitrogens with one attached hydrogen (secondary N) is 1. The summed E-state index contributed by atoms with van der Waals surface area (Å²) in [7, 11) is 0. The molecule has 2 nitrogen and oxygen atoms in total. The zero-order chi connectivity index (χ0) is 13.0. The third-order valence-electron chi connectivity index (χ3n) is 2.89. The Morgan fingerprint density at radius 3 is 2.61 bits per heavy atom. The van der Waals surface area contributed by atoms with Crippen molar-refractivity contribution in [2.24, 2.45) is 0 Å². The molecule has 1 heterocycles. The summed E-state index contributed by atoms with van der Waals surface area (Å²) in [6.45, 7) is 4.96. The van der Waals surface area contributed by atoms with Crippen molar-refractivity contribution in [2.75, 3.05) is 6.54 Å². The Bertz CT molecular complexity index is 508. The second kappa shape index (κ2) is 5.98. The van der Waals surface area contributed by atoms with E-state index < -0.39 is 0 Å². The number of rotatable bonds is 4. The van der Waals surface area contributed by atoms with Crippen LogP contribution in [0, 0.1) is 6.92 Å². The Labute approximate surface area is 113 Å². The van der Waals surface area contributed by atoms with Gasteiger partial charge in [-0.1, -0.05) is 42.8 Å². The number of hydrogen-bond donors (Lipinski definition) is 1. The number of benzene rings is 1. The van der Waals surface area contributed by atoms with Crippen molar-refractivity contribution in [1.82, 2.24) is 10.3 Å². The summed E-state index contributed by atoms with van der Waals surface area (Å²) in [6, 6.07) is 12.1. The van der Waals surface area contributed by atoms with E-state index in [0.29, 0.717) is 0 Å². The first-order valence-electron chi connectivity index (χ1n) is 6.12. The van der Waals surface area contributed by atoms with Gasteiger partial charge in [-0.05, 0) is 36.7 Å². The quantitative estimate of drug-likeness (QED) is 0.906. The van der Waals surface area contributed by atoms with Crippen molar-refractivity contribution >= 4 is 11.6 Å². The fraction of sp³-hybridized carbons (Fsp3) is 0.267. The van der Waals surface area contributed by atoms with Gasteiger partial charge < -0.3 is 5.32 Å². The Balaban J connectivity index is 2.40. The zero-order valence-corrected chi connectivity index (χ0v) is 11.4. The molecular weight excluding hydrogens is 244 g/mol. The average Bonchev–Trinajstić information content (AvgIpc) is 2.38. The molecule has 2 rings (SSSR count). The minimum atomic E-state index is 0.0943. The first-order valence-corrected chi connectivity index (χ1v) is 6.50. The van der Waals surface area contributed by atoms with E-state index >= 15 is 0 Å². The van der Waals surface area contributed by atoms with Crippen LogP contribution in [0.3, 0.4) is 0 Å². The van der Waals surface area contributed by atoms with Gasteiger partial charge >= 0.3 is 0 Å². The van der Waals surface area contributed by atoms with Crippen LogP contribution < -0.4 is 5.32 Å². The standard InChI is InChI=1S/C15H17ClN2/c1-3-17-15(12-9-8-11(2)18-10-12)13-6-4-5-7-14(13)16/h4-10,15,17H,3H2,1-2H3. The summed E-state index contributed by atoms with van der Waals surface area (Å²) >= 11 is 6.28. The molecule has 1 N–H and O–H groups in total. The fourth-order valence-electron chi connectivity index (χ4n) is 1.97. The van der Waals surface area contributed by atoms with Crippen LogP contribution >= 0.6 is 11.6 Å². The third kappa shape index (κ3) is 2.89. The van der Waals surface area contributed by atoms with E-state index in [-0.39, 0.29) is 6.04 Å². The molecule has 0 saturated heterocycles. The summed E-state index contributed by atoms with van der Waals surface area (Å²) in [5, 5.41) is 4.23. The largest absolute Gasteiger partial charge is 0.306 e. The monoisotopic (exact) mass is 260 g/mol. The van der Waals surface area contributed by atoms with E-state index in [0.717, 1.165) is 28.4 Å². The summed E-state index contributed by atoms with van der Waals surface area (Å²) < 4.78 is 0. The molecule has 0 spiro atoms. The SMILES string of the molecule is CCNC(c1ccc(C)nc1)c1ccccc1Cl. The van der Waals surface area contributed by atoms with Crippen molar-refractivity contribution in [3.8, 4) is 0 Å². The molecule has 0 radical (unpaired) electrons. The van der Waals surface area contributed by atoms with Crippen LogP contribution in [-0.2, 0) is 0 Å². The van der Waals surface area contributed by atoms with E-state index in [1.165, 1.54) is 0 Å².